The molecule has 0 unspecified atom stereocenters. The normalized spacial score (nSPS) is 10.8. The minimum atomic E-state index is -1.10. The van der Waals surface area contributed by atoms with Crippen molar-refractivity contribution >= 4 is 16.9 Å². The Balaban J connectivity index is 2.35. The van der Waals surface area contributed by atoms with Crippen molar-refractivity contribution in [2.45, 2.75) is 6.92 Å². The van der Waals surface area contributed by atoms with E-state index in [9.17, 15) is 14.3 Å². The van der Waals surface area contributed by atoms with Gasteiger partial charge in [0.1, 0.15) is 11.5 Å². The second-order valence-electron chi connectivity index (χ2n) is 4.51. The average molecular weight is 283 g/mol. The second kappa shape index (κ2) is 4.90. The molecule has 2 heterocycles. The van der Waals surface area contributed by atoms with E-state index in [4.69, 9.17) is 0 Å². The summed E-state index contributed by atoms with van der Waals surface area (Å²) in [5.74, 6) is -1.57. The maximum absolute atomic E-state index is 13.4. The summed E-state index contributed by atoms with van der Waals surface area (Å²) in [5, 5.41) is 9.72. The summed E-state index contributed by atoms with van der Waals surface area (Å²) in [6.45, 7) is 1.75. The van der Waals surface area contributed by atoms with Crippen LogP contribution >= 0.6 is 0 Å². The molecule has 0 radical (unpaired) electrons. The van der Waals surface area contributed by atoms with Crippen molar-refractivity contribution in [3.63, 3.8) is 0 Å². The second-order valence-corrected chi connectivity index (χ2v) is 4.51. The van der Waals surface area contributed by atoms with Crippen LogP contribution in [0.25, 0.3) is 22.3 Å². The molecule has 1 N–H and O–H groups in total. The Kier molecular flexibility index (Phi) is 3.06. The van der Waals surface area contributed by atoms with Crippen molar-refractivity contribution in [2.24, 2.45) is 0 Å². The Morgan fingerprint density at radius 2 is 1.95 bits per heavy atom. The third kappa shape index (κ3) is 2.31. The lowest BCUT2D eigenvalue weighted by atomic mass is 10.1. The summed E-state index contributed by atoms with van der Waals surface area (Å²) >= 11 is 0. The molecule has 0 aliphatic rings. The highest BCUT2D eigenvalue weighted by Gasteiger charge is 2.15. The minimum absolute atomic E-state index is 0.0556. The number of carboxylic acids is 1. The molecule has 0 bridgehead atoms. The van der Waals surface area contributed by atoms with Gasteiger partial charge >= 0.3 is 5.97 Å². The van der Waals surface area contributed by atoms with Crippen LogP contribution in [0.2, 0.25) is 0 Å². The first-order valence-electron chi connectivity index (χ1n) is 6.18. The molecule has 0 saturated heterocycles. The van der Waals surface area contributed by atoms with Gasteiger partial charge in [-0.25, -0.2) is 14.2 Å². The van der Waals surface area contributed by atoms with E-state index in [2.05, 4.69) is 15.0 Å². The number of carboxylic acid groups (broad SMARTS) is 1. The molecule has 0 amide bonds. The van der Waals surface area contributed by atoms with Crippen LogP contribution < -0.4 is 0 Å². The van der Waals surface area contributed by atoms with Crippen molar-refractivity contribution in [3.8, 4) is 11.4 Å². The predicted molar refractivity (Wildman–Crippen MR) is 74.4 cm³/mol. The SMILES string of the molecule is Cc1nccnc1-c1cc(C(=O)O)c2ccc(F)cc2n1. The van der Waals surface area contributed by atoms with Crippen LogP contribution in [0.5, 0.6) is 0 Å². The van der Waals surface area contributed by atoms with Gasteiger partial charge in [-0.3, -0.25) is 9.97 Å². The molecule has 0 fully saturated rings. The van der Waals surface area contributed by atoms with Crippen LogP contribution in [0, 0.1) is 12.7 Å². The summed E-state index contributed by atoms with van der Waals surface area (Å²) in [4.78, 5) is 24.0. The van der Waals surface area contributed by atoms with Gasteiger partial charge in [0.25, 0.3) is 0 Å². The number of halogens is 1. The number of fused-ring (bicyclic) bond motifs is 1. The van der Waals surface area contributed by atoms with Gasteiger partial charge in [-0.15, -0.1) is 0 Å². The Labute approximate surface area is 119 Å². The monoisotopic (exact) mass is 283 g/mol. The highest BCUT2D eigenvalue weighted by Crippen LogP contribution is 2.25. The Morgan fingerprint density at radius 3 is 2.67 bits per heavy atom. The molecule has 0 saturated carbocycles. The third-order valence-electron chi connectivity index (χ3n) is 3.13. The molecule has 3 rings (SSSR count). The van der Waals surface area contributed by atoms with Crippen molar-refractivity contribution in [2.75, 3.05) is 0 Å². The number of hydrogen-bond acceptors (Lipinski definition) is 4. The van der Waals surface area contributed by atoms with E-state index in [1.165, 1.54) is 36.7 Å². The zero-order valence-corrected chi connectivity index (χ0v) is 11.0. The minimum Gasteiger partial charge on any atom is -0.478 e. The van der Waals surface area contributed by atoms with Gasteiger partial charge in [0.15, 0.2) is 0 Å². The quantitative estimate of drug-likeness (QED) is 0.782. The number of nitrogens with zero attached hydrogens (tertiary/aromatic N) is 3. The van der Waals surface area contributed by atoms with Crippen molar-refractivity contribution < 1.29 is 14.3 Å². The number of hydrogen-bond donors (Lipinski definition) is 1. The third-order valence-corrected chi connectivity index (χ3v) is 3.13. The first-order valence-corrected chi connectivity index (χ1v) is 6.18. The molecule has 104 valence electrons. The van der Waals surface area contributed by atoms with Crippen molar-refractivity contribution in [3.05, 3.63) is 53.7 Å². The number of benzene rings is 1. The smallest absolute Gasteiger partial charge is 0.336 e. The fourth-order valence-electron chi connectivity index (χ4n) is 2.16. The number of aromatic nitrogens is 3. The molecule has 5 nitrogen and oxygen atoms in total. The topological polar surface area (TPSA) is 76.0 Å². The molecule has 0 atom stereocenters. The van der Waals surface area contributed by atoms with Gasteiger partial charge < -0.3 is 5.11 Å². The summed E-state index contributed by atoms with van der Waals surface area (Å²) < 4.78 is 13.4. The van der Waals surface area contributed by atoms with Crippen LogP contribution in [-0.4, -0.2) is 26.0 Å². The zero-order valence-electron chi connectivity index (χ0n) is 11.0. The van der Waals surface area contributed by atoms with Gasteiger partial charge in [0.2, 0.25) is 0 Å². The highest BCUT2D eigenvalue weighted by atomic mass is 19.1. The van der Waals surface area contributed by atoms with E-state index < -0.39 is 11.8 Å². The van der Waals surface area contributed by atoms with E-state index in [0.29, 0.717) is 22.5 Å². The Hall–Kier alpha value is -2.89. The van der Waals surface area contributed by atoms with Gasteiger partial charge in [-0.2, -0.15) is 0 Å². The van der Waals surface area contributed by atoms with Gasteiger partial charge in [-0.1, -0.05) is 0 Å². The lowest BCUT2D eigenvalue weighted by Gasteiger charge is -2.08. The first kappa shape index (κ1) is 13.1. The number of carbonyl (C=O) groups is 1. The molecular formula is C15H10FN3O2. The lowest BCUT2D eigenvalue weighted by Crippen LogP contribution is -2.02. The van der Waals surface area contributed by atoms with Crippen molar-refractivity contribution in [1.82, 2.24) is 15.0 Å². The standard InChI is InChI=1S/C15H10FN3O2/c1-8-14(18-5-4-17-8)13-7-11(15(20)21)10-3-2-9(16)6-12(10)19-13/h2-7H,1H3,(H,20,21). The number of aryl methyl sites for hydroxylation is 1. The first-order chi connectivity index (χ1) is 10.1. The van der Waals surface area contributed by atoms with Crippen LogP contribution in [0.15, 0.2) is 36.7 Å². The van der Waals surface area contributed by atoms with Crippen LogP contribution in [0.3, 0.4) is 0 Å². The molecule has 2 aromatic heterocycles. The maximum Gasteiger partial charge on any atom is 0.336 e. The lowest BCUT2D eigenvalue weighted by molar-refractivity contribution is 0.0699. The van der Waals surface area contributed by atoms with Gasteiger partial charge in [0, 0.05) is 23.8 Å². The number of rotatable bonds is 2. The number of pyridine rings is 1. The fraction of sp³-hybridized carbons (Fsp3) is 0.0667. The van der Waals surface area contributed by atoms with Crippen molar-refractivity contribution in [1.29, 1.82) is 0 Å². The molecule has 3 aromatic rings. The molecular weight excluding hydrogens is 273 g/mol. The molecule has 0 aliphatic carbocycles. The molecule has 21 heavy (non-hydrogen) atoms. The average Bonchev–Trinajstić information content (AvgIpc) is 2.46. The summed E-state index contributed by atoms with van der Waals surface area (Å²) in [6, 6.07) is 5.26. The number of aromatic carboxylic acids is 1. The highest BCUT2D eigenvalue weighted by molar-refractivity contribution is 6.03. The van der Waals surface area contributed by atoms with E-state index in [0.717, 1.165) is 0 Å². The van der Waals surface area contributed by atoms with Crippen LogP contribution in [0.1, 0.15) is 16.1 Å². The maximum atomic E-state index is 13.4. The summed E-state index contributed by atoms with van der Waals surface area (Å²) in [7, 11) is 0. The van der Waals surface area contributed by atoms with E-state index in [1.54, 1.807) is 6.92 Å². The zero-order chi connectivity index (χ0) is 15.0. The largest absolute Gasteiger partial charge is 0.478 e. The van der Waals surface area contributed by atoms with E-state index in [1.807, 2.05) is 0 Å². The summed E-state index contributed by atoms with van der Waals surface area (Å²) in [6.07, 6.45) is 3.04. The van der Waals surface area contributed by atoms with Crippen LogP contribution in [-0.2, 0) is 0 Å². The predicted octanol–water partition coefficient (Wildman–Crippen LogP) is 2.84. The van der Waals surface area contributed by atoms with Gasteiger partial charge in [-0.05, 0) is 25.1 Å². The molecule has 0 spiro atoms. The molecule has 1 aromatic carbocycles. The van der Waals surface area contributed by atoms with E-state index >= 15 is 0 Å². The summed E-state index contributed by atoms with van der Waals surface area (Å²) in [5.41, 5.74) is 1.79. The fourth-order valence-corrected chi connectivity index (χ4v) is 2.16. The molecule has 6 heteroatoms. The van der Waals surface area contributed by atoms with E-state index in [-0.39, 0.29) is 11.1 Å². The molecule has 0 aliphatic heterocycles. The van der Waals surface area contributed by atoms with Gasteiger partial charge in [0.05, 0.1) is 22.5 Å². The Bertz CT molecular complexity index is 865. The van der Waals surface area contributed by atoms with Crippen LogP contribution in [0.4, 0.5) is 4.39 Å². The Morgan fingerprint density at radius 1 is 1.19 bits per heavy atom.